The molecule has 0 bridgehead atoms. The van der Waals surface area contributed by atoms with E-state index in [-0.39, 0.29) is 0 Å². The minimum atomic E-state index is 0.386. The Hall–Kier alpha value is -3.00. The Labute approximate surface area is 122 Å². The Morgan fingerprint density at radius 3 is 2.76 bits per heavy atom. The van der Waals surface area contributed by atoms with E-state index in [0.29, 0.717) is 11.5 Å². The third-order valence-electron chi connectivity index (χ3n) is 3.47. The van der Waals surface area contributed by atoms with Crippen molar-refractivity contribution in [2.75, 3.05) is 12.8 Å². The molecule has 5 nitrogen and oxygen atoms in total. The van der Waals surface area contributed by atoms with Gasteiger partial charge in [-0.15, -0.1) is 0 Å². The minimum absolute atomic E-state index is 0.386. The van der Waals surface area contributed by atoms with Gasteiger partial charge in [-0.3, -0.25) is 4.57 Å². The van der Waals surface area contributed by atoms with Crippen molar-refractivity contribution >= 4 is 17.0 Å². The number of nitriles is 1. The van der Waals surface area contributed by atoms with Gasteiger partial charge in [0.1, 0.15) is 5.75 Å². The summed E-state index contributed by atoms with van der Waals surface area (Å²) in [5.41, 5.74) is 10.2. The molecule has 0 atom stereocenters. The second-order valence-electron chi connectivity index (χ2n) is 4.77. The number of ether oxygens (including phenoxy) is 1. The average molecular weight is 278 g/mol. The van der Waals surface area contributed by atoms with Crippen molar-refractivity contribution < 1.29 is 4.74 Å². The third-order valence-corrected chi connectivity index (χ3v) is 3.47. The van der Waals surface area contributed by atoms with Gasteiger partial charge >= 0.3 is 0 Å². The number of aryl methyl sites for hydroxylation is 1. The Bertz CT molecular complexity index is 874. The van der Waals surface area contributed by atoms with Gasteiger partial charge in [0, 0.05) is 6.07 Å². The highest BCUT2D eigenvalue weighted by Gasteiger charge is 2.13. The zero-order valence-electron chi connectivity index (χ0n) is 11.8. The number of nitrogens with two attached hydrogens (primary N) is 1. The fourth-order valence-corrected chi connectivity index (χ4v) is 2.37. The minimum Gasteiger partial charge on any atom is -0.497 e. The molecule has 0 fully saturated rings. The van der Waals surface area contributed by atoms with E-state index in [1.165, 1.54) is 0 Å². The van der Waals surface area contributed by atoms with Crippen molar-refractivity contribution in [3.8, 4) is 17.5 Å². The number of hydrogen-bond acceptors (Lipinski definition) is 4. The van der Waals surface area contributed by atoms with E-state index in [1.807, 2.05) is 41.8 Å². The molecule has 0 saturated carbocycles. The zero-order chi connectivity index (χ0) is 15.0. The average Bonchev–Trinajstić information content (AvgIpc) is 2.82. The van der Waals surface area contributed by atoms with Crippen LogP contribution in [-0.2, 0) is 0 Å². The number of nitrogens with zero attached hydrogens (tertiary/aromatic N) is 3. The van der Waals surface area contributed by atoms with E-state index in [9.17, 15) is 0 Å². The highest BCUT2D eigenvalue weighted by Crippen LogP contribution is 2.28. The van der Waals surface area contributed by atoms with Gasteiger partial charge in [-0.2, -0.15) is 5.26 Å². The molecule has 1 heterocycles. The number of anilines is 1. The van der Waals surface area contributed by atoms with Crippen LogP contribution in [0.4, 0.5) is 5.95 Å². The fourth-order valence-electron chi connectivity index (χ4n) is 2.37. The van der Waals surface area contributed by atoms with Crippen LogP contribution in [0.1, 0.15) is 11.1 Å². The molecule has 0 amide bonds. The van der Waals surface area contributed by atoms with Crippen LogP contribution < -0.4 is 10.5 Å². The van der Waals surface area contributed by atoms with Gasteiger partial charge in [0.2, 0.25) is 5.95 Å². The van der Waals surface area contributed by atoms with Gasteiger partial charge in [-0.1, -0.05) is 6.07 Å². The lowest BCUT2D eigenvalue weighted by atomic mass is 10.1. The van der Waals surface area contributed by atoms with Crippen molar-refractivity contribution in [2.45, 2.75) is 6.92 Å². The number of rotatable bonds is 2. The first kappa shape index (κ1) is 13.0. The molecule has 0 saturated heterocycles. The first-order valence-corrected chi connectivity index (χ1v) is 6.47. The third kappa shape index (κ3) is 2.07. The van der Waals surface area contributed by atoms with Gasteiger partial charge in [0.15, 0.2) is 0 Å². The van der Waals surface area contributed by atoms with Crippen LogP contribution in [0.5, 0.6) is 5.75 Å². The lowest BCUT2D eigenvalue weighted by molar-refractivity contribution is 0.415. The van der Waals surface area contributed by atoms with Crippen LogP contribution in [-0.4, -0.2) is 16.7 Å². The van der Waals surface area contributed by atoms with Crippen molar-refractivity contribution in [2.24, 2.45) is 0 Å². The predicted octanol–water partition coefficient (Wildman–Crippen LogP) is 2.80. The molecule has 0 spiro atoms. The molecule has 3 rings (SSSR count). The summed E-state index contributed by atoms with van der Waals surface area (Å²) in [6.07, 6.45) is 0. The molecular formula is C16H14N4O. The van der Waals surface area contributed by atoms with Crippen molar-refractivity contribution in [3.63, 3.8) is 0 Å². The smallest absolute Gasteiger partial charge is 0.205 e. The van der Waals surface area contributed by atoms with E-state index in [1.54, 1.807) is 13.2 Å². The van der Waals surface area contributed by atoms with Crippen molar-refractivity contribution in [1.82, 2.24) is 9.55 Å². The number of benzene rings is 2. The molecule has 1 aromatic heterocycles. The summed E-state index contributed by atoms with van der Waals surface area (Å²) in [5.74, 6) is 1.12. The summed E-state index contributed by atoms with van der Waals surface area (Å²) in [7, 11) is 1.62. The molecule has 2 aromatic carbocycles. The maximum absolute atomic E-state index is 9.09. The van der Waals surface area contributed by atoms with E-state index >= 15 is 0 Å². The normalized spacial score (nSPS) is 10.5. The van der Waals surface area contributed by atoms with Crippen LogP contribution in [0.25, 0.3) is 16.7 Å². The number of nitrogen functional groups attached to an aromatic ring is 1. The topological polar surface area (TPSA) is 76.9 Å². The fraction of sp³-hybridized carbons (Fsp3) is 0.125. The Morgan fingerprint density at radius 2 is 2.05 bits per heavy atom. The second-order valence-corrected chi connectivity index (χ2v) is 4.77. The first-order chi connectivity index (χ1) is 10.1. The number of imidazole rings is 1. The van der Waals surface area contributed by atoms with E-state index in [2.05, 4.69) is 11.1 Å². The molecule has 104 valence electrons. The predicted molar refractivity (Wildman–Crippen MR) is 81.5 cm³/mol. The molecule has 3 aromatic rings. The molecule has 2 N–H and O–H groups in total. The molecule has 21 heavy (non-hydrogen) atoms. The van der Waals surface area contributed by atoms with Crippen LogP contribution in [0.3, 0.4) is 0 Å². The van der Waals surface area contributed by atoms with E-state index in [0.717, 1.165) is 28.0 Å². The van der Waals surface area contributed by atoms with E-state index in [4.69, 9.17) is 15.7 Å². The van der Waals surface area contributed by atoms with Gasteiger partial charge in [-0.25, -0.2) is 4.98 Å². The quantitative estimate of drug-likeness (QED) is 0.782. The maximum atomic E-state index is 9.09. The summed E-state index contributed by atoms with van der Waals surface area (Å²) in [4.78, 5) is 4.36. The van der Waals surface area contributed by atoms with Gasteiger partial charge < -0.3 is 10.5 Å². The lowest BCUT2D eigenvalue weighted by Gasteiger charge is -2.11. The zero-order valence-corrected chi connectivity index (χ0v) is 11.8. The van der Waals surface area contributed by atoms with Crippen LogP contribution >= 0.6 is 0 Å². The number of hydrogen-bond donors (Lipinski definition) is 1. The van der Waals surface area contributed by atoms with E-state index < -0.39 is 0 Å². The Balaban J connectivity index is 2.34. The second kappa shape index (κ2) is 4.84. The number of fused-ring (bicyclic) bond motifs is 1. The largest absolute Gasteiger partial charge is 0.497 e. The Morgan fingerprint density at radius 1 is 1.24 bits per heavy atom. The number of aromatic nitrogens is 2. The van der Waals surface area contributed by atoms with Crippen molar-refractivity contribution in [1.29, 1.82) is 5.26 Å². The van der Waals surface area contributed by atoms with Gasteiger partial charge in [0.25, 0.3) is 0 Å². The standard InChI is InChI=1S/C16H14N4O/c1-10-3-4-11(9-17)7-14(10)20-15-8-12(21-2)5-6-13(15)19-16(20)18/h3-8H,1-2H3,(H2,18,19). The van der Waals surface area contributed by atoms with Gasteiger partial charge in [-0.05, 0) is 36.8 Å². The summed E-state index contributed by atoms with van der Waals surface area (Å²) in [6.45, 7) is 1.97. The summed E-state index contributed by atoms with van der Waals surface area (Å²) >= 11 is 0. The Kier molecular flexibility index (Phi) is 2.99. The highest BCUT2D eigenvalue weighted by molar-refractivity contribution is 5.82. The van der Waals surface area contributed by atoms with Crippen molar-refractivity contribution in [3.05, 3.63) is 47.5 Å². The number of methoxy groups -OCH3 is 1. The van der Waals surface area contributed by atoms with Gasteiger partial charge in [0.05, 0.1) is 35.5 Å². The van der Waals surface area contributed by atoms with Crippen LogP contribution in [0, 0.1) is 18.3 Å². The van der Waals surface area contributed by atoms with Crippen LogP contribution in [0.2, 0.25) is 0 Å². The molecule has 0 radical (unpaired) electrons. The SMILES string of the molecule is COc1ccc2nc(N)n(-c3cc(C#N)ccc3C)c2c1. The summed E-state index contributed by atoms with van der Waals surface area (Å²) < 4.78 is 7.10. The highest BCUT2D eigenvalue weighted by atomic mass is 16.5. The molecule has 0 aliphatic rings. The van der Waals surface area contributed by atoms with Crippen LogP contribution in [0.15, 0.2) is 36.4 Å². The molecule has 0 aliphatic carbocycles. The summed E-state index contributed by atoms with van der Waals surface area (Å²) in [5, 5.41) is 9.09. The molecule has 5 heteroatoms. The monoisotopic (exact) mass is 278 g/mol. The molecule has 0 aliphatic heterocycles. The summed E-state index contributed by atoms with van der Waals surface area (Å²) in [6, 6.07) is 13.2. The maximum Gasteiger partial charge on any atom is 0.205 e. The molecular weight excluding hydrogens is 264 g/mol. The lowest BCUT2D eigenvalue weighted by Crippen LogP contribution is -2.03. The first-order valence-electron chi connectivity index (χ1n) is 6.47. The molecule has 0 unspecified atom stereocenters.